The Morgan fingerprint density at radius 3 is 1.70 bits per heavy atom. The molecule has 0 atom stereocenters. The van der Waals surface area contributed by atoms with Crippen LogP contribution in [0.4, 0.5) is 54.8 Å². The lowest BCUT2D eigenvalue weighted by Gasteiger charge is -2.40. The zero-order chi connectivity index (χ0) is 52.9. The number of anilines is 4. The fourth-order valence-corrected chi connectivity index (χ4v) is 9.68. The van der Waals surface area contributed by atoms with Crippen molar-refractivity contribution in [2.45, 2.75) is 122 Å². The number of halogens is 8. The second-order valence-electron chi connectivity index (χ2n) is 19.3. The summed E-state index contributed by atoms with van der Waals surface area (Å²) in [7, 11) is 0. The first-order valence-corrected chi connectivity index (χ1v) is 26.1. The number of amides is 1. The maximum absolute atomic E-state index is 14.6. The zero-order valence-electron chi connectivity index (χ0n) is 41.4. The molecule has 4 aromatic rings. The van der Waals surface area contributed by atoms with Gasteiger partial charge in [0, 0.05) is 82.3 Å². The van der Waals surface area contributed by atoms with Crippen molar-refractivity contribution < 1.29 is 59.6 Å². The first-order valence-electron chi connectivity index (χ1n) is 24.5. The van der Waals surface area contributed by atoms with Gasteiger partial charge in [0.05, 0.1) is 43.8 Å². The Balaban J connectivity index is 0.000000188. The van der Waals surface area contributed by atoms with Crippen LogP contribution in [-0.4, -0.2) is 75.8 Å². The van der Waals surface area contributed by atoms with Crippen LogP contribution >= 0.6 is 31.9 Å². The van der Waals surface area contributed by atoms with Gasteiger partial charge in [-0.1, -0.05) is 33.8 Å². The van der Waals surface area contributed by atoms with E-state index in [2.05, 4.69) is 56.0 Å². The minimum atomic E-state index is -2.66. The number of fused-ring (bicyclic) bond motifs is 2. The number of alkyl halides is 4. The van der Waals surface area contributed by atoms with E-state index in [1.54, 1.807) is 36.4 Å². The monoisotopic (exact) mass is 1150 g/mol. The second-order valence-corrected chi connectivity index (χ2v) is 21.1. The molecule has 20 heteroatoms. The summed E-state index contributed by atoms with van der Waals surface area (Å²) in [5.41, 5.74) is 9.32. The van der Waals surface area contributed by atoms with E-state index in [9.17, 15) is 35.9 Å². The van der Waals surface area contributed by atoms with Crippen LogP contribution in [-0.2, 0) is 20.7 Å². The molecule has 73 heavy (non-hydrogen) atoms. The summed E-state index contributed by atoms with van der Waals surface area (Å²) < 4.78 is 109. The second kappa shape index (κ2) is 26.4. The van der Waals surface area contributed by atoms with Crippen LogP contribution in [0.1, 0.15) is 97.5 Å². The molecule has 9 rings (SSSR count). The maximum Gasteiger partial charge on any atom is 0.248 e. The SMILES string of the molecule is C1CCOC1.CC(C)CN(c1cc(F)c(Br)cc1N)C1CCC(F)(F)CC1.CC(C)CN(c1cc(F)c(Br)cc1NC(=O)Cc1ccc2c(c1)OCO2)C1CCC(F)(F)CC1.O=C=Nc1ccc2c(c1)OCO2. The minimum Gasteiger partial charge on any atom is -0.454 e. The van der Waals surface area contributed by atoms with Gasteiger partial charge in [0.15, 0.2) is 23.0 Å². The molecular weight excluding hydrogens is 1090 g/mol. The summed E-state index contributed by atoms with van der Waals surface area (Å²) >= 11 is 6.33. The highest BCUT2D eigenvalue weighted by Crippen LogP contribution is 2.42. The molecule has 2 aliphatic carbocycles. The first kappa shape index (κ1) is 57.1. The lowest BCUT2D eigenvalue weighted by Crippen LogP contribution is -2.43. The number of hydrogen-bond acceptors (Lipinski definition) is 11. The van der Waals surface area contributed by atoms with Crippen molar-refractivity contribution in [1.29, 1.82) is 0 Å². The maximum atomic E-state index is 14.6. The first-order chi connectivity index (χ1) is 34.7. The Morgan fingerprint density at radius 2 is 1.19 bits per heavy atom. The van der Waals surface area contributed by atoms with Gasteiger partial charge >= 0.3 is 0 Å². The summed E-state index contributed by atoms with van der Waals surface area (Å²) in [6.45, 7) is 11.8. The van der Waals surface area contributed by atoms with E-state index in [0.29, 0.717) is 101 Å². The lowest BCUT2D eigenvalue weighted by atomic mass is 9.90. The average molecular weight is 1160 g/mol. The smallest absolute Gasteiger partial charge is 0.248 e. The van der Waals surface area contributed by atoms with Gasteiger partial charge in [-0.05, 0) is 124 Å². The molecular formula is C53H63Br2F6N5O7. The molecule has 4 aromatic carbocycles. The quantitative estimate of drug-likeness (QED) is 0.0610. The number of aliphatic imine (C=N–C) groups is 1. The van der Waals surface area contributed by atoms with Gasteiger partial charge in [-0.2, -0.15) is 4.99 Å². The fraction of sp³-hybridized carbons (Fsp3) is 0.509. The van der Waals surface area contributed by atoms with Crippen molar-refractivity contribution >= 4 is 72.3 Å². The van der Waals surface area contributed by atoms with E-state index < -0.39 is 17.7 Å². The number of carbonyl (C=O) groups excluding carboxylic acids is 2. The number of nitrogens with zero attached hydrogens (tertiary/aromatic N) is 3. The summed E-state index contributed by atoms with van der Waals surface area (Å²) in [4.78, 5) is 30.3. The Morgan fingerprint density at radius 1 is 0.712 bits per heavy atom. The molecule has 398 valence electrons. The molecule has 1 saturated heterocycles. The Hall–Kier alpha value is -5.17. The number of rotatable bonds is 12. The highest BCUT2D eigenvalue weighted by molar-refractivity contribution is 9.10. The van der Waals surface area contributed by atoms with Gasteiger partial charge in [0.25, 0.3) is 0 Å². The normalized spacial score (nSPS) is 17.3. The fourth-order valence-electron chi connectivity index (χ4n) is 8.97. The number of nitrogen functional groups attached to an aromatic ring is 1. The van der Waals surface area contributed by atoms with Crippen LogP contribution in [0.15, 0.2) is 74.6 Å². The van der Waals surface area contributed by atoms with Gasteiger partial charge in [-0.3, -0.25) is 4.79 Å². The standard InChI is InChI=1S/C25H28BrF3N2O3.C16H22BrF3N2.C8H5NO3.C4H8O/c1-15(2)13-31(17-5-7-25(28,29)8-6-17)21-12-19(27)18(26)11-20(21)30-24(32)10-16-3-4-22-23(9-16)34-14-33-22;1-10(2)9-22(11-3-5-16(19,20)6-4-11)15-8-13(18)12(17)7-14(15)21;10-4-9-6-1-2-7-8(3-6)12-5-11-7;1-2-4-5-3-1/h3-4,9,11-12,15,17H,5-8,10,13-14H2,1-2H3,(H,30,32);7-8,10-11H,3-6,9,21H2,1-2H3;1-3H,5H2;1-4H2. The van der Waals surface area contributed by atoms with Gasteiger partial charge in [0.2, 0.25) is 37.4 Å². The van der Waals surface area contributed by atoms with Crippen molar-refractivity contribution in [3.05, 3.63) is 86.8 Å². The van der Waals surface area contributed by atoms with Crippen LogP contribution in [0.3, 0.4) is 0 Å². The van der Waals surface area contributed by atoms with E-state index in [1.165, 1.54) is 43.2 Å². The topological polar surface area (TPSA) is 137 Å². The predicted octanol–water partition coefficient (Wildman–Crippen LogP) is 13.9. The molecule has 1 amide bonds. The summed E-state index contributed by atoms with van der Waals surface area (Å²) in [6.07, 6.45) is 4.88. The number of isocyanates is 1. The Labute approximate surface area is 439 Å². The highest BCUT2D eigenvalue weighted by atomic mass is 79.9. The molecule has 0 spiro atoms. The molecule has 0 aromatic heterocycles. The third kappa shape index (κ3) is 16.9. The number of benzene rings is 4. The van der Waals surface area contributed by atoms with Crippen LogP contribution < -0.4 is 39.8 Å². The molecule has 2 saturated carbocycles. The molecule has 3 heterocycles. The molecule has 0 radical (unpaired) electrons. The molecule has 3 fully saturated rings. The van der Waals surface area contributed by atoms with Crippen LogP contribution in [0.2, 0.25) is 0 Å². The Bertz CT molecular complexity index is 2520. The summed E-state index contributed by atoms with van der Waals surface area (Å²) in [6, 6.07) is 16.0. The van der Waals surface area contributed by atoms with E-state index in [4.69, 9.17) is 29.4 Å². The third-order valence-corrected chi connectivity index (χ3v) is 13.8. The largest absolute Gasteiger partial charge is 0.454 e. The van der Waals surface area contributed by atoms with Crippen molar-refractivity contribution in [2.75, 3.05) is 60.7 Å². The predicted molar refractivity (Wildman–Crippen MR) is 277 cm³/mol. The number of nitrogens with two attached hydrogens (primary N) is 1. The highest BCUT2D eigenvalue weighted by Gasteiger charge is 2.39. The van der Waals surface area contributed by atoms with Crippen molar-refractivity contribution in [1.82, 2.24) is 0 Å². The van der Waals surface area contributed by atoms with Gasteiger partial charge in [-0.25, -0.2) is 31.1 Å². The summed E-state index contributed by atoms with van der Waals surface area (Å²) in [5, 5.41) is 2.91. The van der Waals surface area contributed by atoms with Crippen LogP contribution in [0.5, 0.6) is 23.0 Å². The third-order valence-electron chi connectivity index (χ3n) is 12.5. The van der Waals surface area contributed by atoms with E-state index >= 15 is 0 Å². The molecule has 3 aliphatic heterocycles. The molecule has 0 unspecified atom stereocenters. The van der Waals surface area contributed by atoms with Crippen LogP contribution in [0.25, 0.3) is 0 Å². The van der Waals surface area contributed by atoms with E-state index in [1.807, 2.05) is 23.6 Å². The Kier molecular flexibility index (Phi) is 20.6. The zero-order valence-corrected chi connectivity index (χ0v) is 44.6. The van der Waals surface area contributed by atoms with Crippen molar-refractivity contribution in [3.8, 4) is 23.0 Å². The van der Waals surface area contributed by atoms with E-state index in [0.717, 1.165) is 18.8 Å². The summed E-state index contributed by atoms with van der Waals surface area (Å²) in [5.74, 6) is -3.31. The minimum absolute atomic E-state index is 0.0232. The molecule has 0 bridgehead atoms. The molecule has 12 nitrogen and oxygen atoms in total. The number of nitrogens with one attached hydrogen (secondary N) is 1. The number of carbonyl (C=O) groups is 1. The molecule has 3 N–H and O–H groups in total. The van der Waals surface area contributed by atoms with Crippen LogP contribution in [0, 0.1) is 23.5 Å². The van der Waals surface area contributed by atoms with Gasteiger partial charge in [0.1, 0.15) is 11.6 Å². The lowest BCUT2D eigenvalue weighted by molar-refractivity contribution is -0.115. The van der Waals surface area contributed by atoms with Gasteiger partial charge in [-0.15, -0.1) is 0 Å². The average Bonchev–Trinajstić information content (AvgIpc) is 4.16. The number of ether oxygens (including phenoxy) is 5. The van der Waals surface area contributed by atoms with Gasteiger partial charge < -0.3 is 44.5 Å². The van der Waals surface area contributed by atoms with Crippen molar-refractivity contribution in [2.24, 2.45) is 16.8 Å². The van der Waals surface area contributed by atoms with E-state index in [-0.39, 0.29) is 79.9 Å². The number of hydrogen-bond donors (Lipinski definition) is 2. The van der Waals surface area contributed by atoms with Crippen molar-refractivity contribution in [3.63, 3.8) is 0 Å². The molecule has 5 aliphatic rings.